The minimum atomic E-state index is -0.116. The molecule has 1 heterocycles. The van der Waals surface area contributed by atoms with Crippen molar-refractivity contribution in [3.63, 3.8) is 0 Å². The van der Waals surface area contributed by atoms with Gasteiger partial charge in [0.25, 0.3) is 5.91 Å². The van der Waals surface area contributed by atoms with Gasteiger partial charge in [-0.05, 0) is 68.0 Å². The fourth-order valence-electron chi connectivity index (χ4n) is 2.60. The van der Waals surface area contributed by atoms with Crippen molar-refractivity contribution in [2.24, 2.45) is 0 Å². The Bertz CT molecular complexity index is 686. The van der Waals surface area contributed by atoms with Gasteiger partial charge in [0.1, 0.15) is 0 Å². The summed E-state index contributed by atoms with van der Waals surface area (Å²) in [7, 11) is 4.03. The highest BCUT2D eigenvalue weighted by Gasteiger charge is 2.17. The van der Waals surface area contributed by atoms with Gasteiger partial charge in [0, 0.05) is 12.1 Å². The molecule has 0 fully saturated rings. The van der Waals surface area contributed by atoms with Gasteiger partial charge in [-0.3, -0.25) is 4.79 Å². The van der Waals surface area contributed by atoms with Gasteiger partial charge in [-0.1, -0.05) is 6.92 Å². The Kier molecular flexibility index (Phi) is 7.94. The number of ether oxygens (including phenoxy) is 2. The van der Waals surface area contributed by atoms with Gasteiger partial charge in [-0.25, -0.2) is 0 Å². The molecule has 0 radical (unpaired) electrons. The van der Waals surface area contributed by atoms with Crippen LogP contribution in [0.25, 0.3) is 0 Å². The second-order valence-corrected chi connectivity index (χ2v) is 6.97. The Hall–Kier alpha value is -2.05. The number of hydrogen-bond donors (Lipinski definition) is 1. The first kappa shape index (κ1) is 20.3. The number of likely N-dealkylation sites (N-methyl/N-ethyl adjacent to an activating group) is 1. The maximum Gasteiger partial charge on any atom is 0.251 e. The van der Waals surface area contributed by atoms with Crippen molar-refractivity contribution in [3.05, 3.63) is 46.2 Å². The number of rotatable bonds is 10. The average Bonchev–Trinajstić information content (AvgIpc) is 3.15. The average molecular weight is 377 g/mol. The number of thiophene rings is 1. The molecule has 0 aliphatic carbocycles. The number of amides is 1. The molecule has 26 heavy (non-hydrogen) atoms. The summed E-state index contributed by atoms with van der Waals surface area (Å²) in [6.07, 6.45) is 0.919. The van der Waals surface area contributed by atoms with Gasteiger partial charge in [-0.2, -0.15) is 11.3 Å². The second-order valence-electron chi connectivity index (χ2n) is 6.19. The number of carbonyl (C=O) groups is 1. The normalized spacial score (nSPS) is 12.0. The van der Waals surface area contributed by atoms with Crippen LogP contribution in [0.15, 0.2) is 35.0 Å². The number of hydrogen-bond acceptors (Lipinski definition) is 5. The maximum absolute atomic E-state index is 12.6. The van der Waals surface area contributed by atoms with E-state index in [0.29, 0.717) is 36.8 Å². The lowest BCUT2D eigenvalue weighted by molar-refractivity contribution is 0.0941. The fraction of sp³-hybridized carbons (Fsp3) is 0.450. The molecule has 2 rings (SSSR count). The highest BCUT2D eigenvalue weighted by Crippen LogP contribution is 2.29. The molecule has 0 spiro atoms. The van der Waals surface area contributed by atoms with Gasteiger partial charge in [-0.15, -0.1) is 0 Å². The number of nitrogens with zero attached hydrogens (tertiary/aromatic N) is 1. The summed E-state index contributed by atoms with van der Waals surface area (Å²) in [4.78, 5) is 14.7. The van der Waals surface area contributed by atoms with Crippen LogP contribution in [0.1, 0.15) is 42.2 Å². The highest BCUT2D eigenvalue weighted by molar-refractivity contribution is 7.07. The fourth-order valence-corrected chi connectivity index (χ4v) is 3.31. The molecular weight excluding hydrogens is 348 g/mol. The molecule has 0 saturated heterocycles. The molecule has 1 aromatic carbocycles. The number of benzene rings is 1. The van der Waals surface area contributed by atoms with Crippen molar-refractivity contribution in [1.82, 2.24) is 10.2 Å². The number of nitrogens with one attached hydrogen (secondary N) is 1. The third-order valence-corrected chi connectivity index (χ3v) is 4.68. The first-order valence-corrected chi connectivity index (χ1v) is 9.87. The molecule has 1 aromatic heterocycles. The van der Waals surface area contributed by atoms with Crippen molar-refractivity contribution in [2.75, 3.05) is 33.9 Å². The van der Waals surface area contributed by atoms with Crippen LogP contribution in [0.3, 0.4) is 0 Å². The zero-order valence-electron chi connectivity index (χ0n) is 16.0. The van der Waals surface area contributed by atoms with Crippen molar-refractivity contribution in [1.29, 1.82) is 0 Å². The first-order chi connectivity index (χ1) is 12.6. The molecule has 0 aliphatic rings. The Morgan fingerprint density at radius 2 is 2.00 bits per heavy atom. The van der Waals surface area contributed by atoms with Crippen molar-refractivity contribution in [3.8, 4) is 11.5 Å². The highest BCUT2D eigenvalue weighted by atomic mass is 32.1. The summed E-state index contributed by atoms with van der Waals surface area (Å²) in [6, 6.07) is 7.56. The molecule has 1 N–H and O–H groups in total. The van der Waals surface area contributed by atoms with E-state index in [2.05, 4.69) is 34.0 Å². The standard InChI is InChI=1S/C20H28N2O3S/c1-5-10-25-18-8-7-15(12-19(18)24-6-2)20(23)21-13-17(22(3)4)16-9-11-26-14-16/h7-9,11-12,14,17H,5-6,10,13H2,1-4H3,(H,21,23)/t17-/m0/s1. The molecule has 2 aromatic rings. The third kappa shape index (κ3) is 5.47. The van der Waals surface area contributed by atoms with E-state index in [1.165, 1.54) is 5.56 Å². The van der Waals surface area contributed by atoms with Gasteiger partial charge < -0.3 is 19.7 Å². The van der Waals surface area contributed by atoms with Crippen LogP contribution in [0.4, 0.5) is 0 Å². The first-order valence-electron chi connectivity index (χ1n) is 8.93. The van der Waals surface area contributed by atoms with E-state index in [9.17, 15) is 4.79 Å². The summed E-state index contributed by atoms with van der Waals surface area (Å²) < 4.78 is 11.3. The van der Waals surface area contributed by atoms with Gasteiger partial charge >= 0.3 is 0 Å². The smallest absolute Gasteiger partial charge is 0.251 e. The van der Waals surface area contributed by atoms with Crippen LogP contribution < -0.4 is 14.8 Å². The van der Waals surface area contributed by atoms with Gasteiger partial charge in [0.05, 0.1) is 19.3 Å². The van der Waals surface area contributed by atoms with Gasteiger partial charge in [0.15, 0.2) is 11.5 Å². The Morgan fingerprint density at radius 1 is 1.19 bits per heavy atom. The second kappa shape index (κ2) is 10.2. The largest absolute Gasteiger partial charge is 0.490 e. The van der Waals surface area contributed by atoms with Crippen molar-refractivity contribution < 1.29 is 14.3 Å². The Balaban J connectivity index is 2.07. The van der Waals surface area contributed by atoms with E-state index in [0.717, 1.165) is 6.42 Å². The van der Waals surface area contributed by atoms with Crippen LogP contribution in [0, 0.1) is 0 Å². The molecule has 0 unspecified atom stereocenters. The molecule has 1 amide bonds. The summed E-state index contributed by atoms with van der Waals surface area (Å²) in [6.45, 7) is 5.65. The van der Waals surface area contributed by atoms with Crippen LogP contribution in [0.2, 0.25) is 0 Å². The van der Waals surface area contributed by atoms with E-state index in [4.69, 9.17) is 9.47 Å². The summed E-state index contributed by atoms with van der Waals surface area (Å²) in [5, 5.41) is 7.20. The van der Waals surface area contributed by atoms with E-state index >= 15 is 0 Å². The zero-order chi connectivity index (χ0) is 18.9. The SMILES string of the molecule is CCCOc1ccc(C(=O)NC[C@@H](c2ccsc2)N(C)C)cc1OCC. The molecule has 0 bridgehead atoms. The quantitative estimate of drug-likeness (QED) is 0.682. The molecule has 142 valence electrons. The van der Waals surface area contributed by atoms with E-state index < -0.39 is 0 Å². The van der Waals surface area contributed by atoms with Crippen LogP contribution in [-0.4, -0.2) is 44.7 Å². The monoisotopic (exact) mass is 376 g/mol. The van der Waals surface area contributed by atoms with Crippen LogP contribution >= 0.6 is 11.3 Å². The number of carbonyl (C=O) groups excluding carboxylic acids is 1. The van der Waals surface area contributed by atoms with Crippen molar-refractivity contribution >= 4 is 17.2 Å². The van der Waals surface area contributed by atoms with Crippen LogP contribution in [0.5, 0.6) is 11.5 Å². The van der Waals surface area contributed by atoms with E-state index in [1.54, 1.807) is 29.5 Å². The molecule has 5 nitrogen and oxygen atoms in total. The predicted molar refractivity (Wildman–Crippen MR) is 106 cm³/mol. The lowest BCUT2D eigenvalue weighted by Gasteiger charge is -2.24. The summed E-state index contributed by atoms with van der Waals surface area (Å²) >= 11 is 1.66. The molecule has 0 saturated carbocycles. The molecule has 6 heteroatoms. The zero-order valence-corrected chi connectivity index (χ0v) is 16.8. The topological polar surface area (TPSA) is 50.8 Å². The Morgan fingerprint density at radius 3 is 2.62 bits per heavy atom. The molecule has 1 atom stereocenters. The lowest BCUT2D eigenvalue weighted by atomic mass is 10.1. The summed E-state index contributed by atoms with van der Waals surface area (Å²) in [5.74, 6) is 1.17. The lowest BCUT2D eigenvalue weighted by Crippen LogP contribution is -2.34. The van der Waals surface area contributed by atoms with E-state index in [-0.39, 0.29) is 11.9 Å². The minimum absolute atomic E-state index is 0.116. The van der Waals surface area contributed by atoms with Gasteiger partial charge in [0.2, 0.25) is 0 Å². The predicted octanol–water partition coefficient (Wildman–Crippen LogP) is 3.97. The minimum Gasteiger partial charge on any atom is -0.490 e. The maximum atomic E-state index is 12.6. The molecular formula is C20H28N2O3S. The third-order valence-electron chi connectivity index (χ3n) is 3.97. The van der Waals surface area contributed by atoms with E-state index in [1.807, 2.05) is 21.0 Å². The van der Waals surface area contributed by atoms with Crippen molar-refractivity contribution in [2.45, 2.75) is 26.3 Å². The van der Waals surface area contributed by atoms with Crippen LogP contribution in [-0.2, 0) is 0 Å². The Labute approximate surface area is 159 Å². The summed E-state index contributed by atoms with van der Waals surface area (Å²) in [5.41, 5.74) is 1.78. The molecule has 0 aliphatic heterocycles.